The van der Waals surface area contributed by atoms with Crippen molar-refractivity contribution in [1.82, 2.24) is 9.88 Å². The summed E-state index contributed by atoms with van der Waals surface area (Å²) in [5.41, 5.74) is 1.48. The van der Waals surface area contributed by atoms with Crippen molar-refractivity contribution in [3.8, 4) is 0 Å². The maximum absolute atomic E-state index is 12.7. The molecule has 0 saturated carbocycles. The largest absolute Gasteiger partial charge is 0.335 e. The van der Waals surface area contributed by atoms with Crippen LogP contribution in [0.3, 0.4) is 0 Å². The number of aromatic nitrogens is 1. The van der Waals surface area contributed by atoms with E-state index >= 15 is 0 Å². The second kappa shape index (κ2) is 6.81. The van der Waals surface area contributed by atoms with Crippen LogP contribution in [0.4, 0.5) is 5.69 Å². The molecule has 0 spiro atoms. The van der Waals surface area contributed by atoms with Crippen LogP contribution in [0.5, 0.6) is 0 Å². The van der Waals surface area contributed by atoms with Crippen molar-refractivity contribution in [2.24, 2.45) is 0 Å². The summed E-state index contributed by atoms with van der Waals surface area (Å²) in [6.07, 6.45) is 1.05. The maximum Gasteiger partial charge on any atom is 0.256 e. The molecule has 1 N–H and O–H groups in total. The van der Waals surface area contributed by atoms with E-state index in [2.05, 4.69) is 9.71 Å². The SMILES string of the molecule is CN(Cc1nc2ccccc2s1)C(=O)c1ccccc1NS(C)(=O)=O. The Morgan fingerprint density at radius 2 is 1.84 bits per heavy atom. The van der Waals surface area contributed by atoms with Crippen LogP contribution in [0.2, 0.25) is 0 Å². The van der Waals surface area contributed by atoms with E-state index in [1.54, 1.807) is 31.3 Å². The molecule has 1 amide bonds. The molecule has 0 aliphatic rings. The lowest BCUT2D eigenvalue weighted by atomic mass is 10.1. The number of thiazole rings is 1. The van der Waals surface area contributed by atoms with Gasteiger partial charge in [0.2, 0.25) is 10.0 Å². The molecule has 1 heterocycles. The average molecular weight is 375 g/mol. The molecule has 130 valence electrons. The lowest BCUT2D eigenvalue weighted by molar-refractivity contribution is 0.0786. The first-order chi connectivity index (χ1) is 11.8. The molecule has 0 aliphatic heterocycles. The van der Waals surface area contributed by atoms with Gasteiger partial charge in [0.1, 0.15) is 5.01 Å². The van der Waals surface area contributed by atoms with Gasteiger partial charge in [-0.3, -0.25) is 9.52 Å². The fourth-order valence-corrected chi connectivity index (χ4v) is 4.02. The normalized spacial score (nSPS) is 11.4. The van der Waals surface area contributed by atoms with Gasteiger partial charge in [-0.25, -0.2) is 13.4 Å². The molecule has 25 heavy (non-hydrogen) atoms. The van der Waals surface area contributed by atoms with E-state index in [4.69, 9.17) is 0 Å². The van der Waals surface area contributed by atoms with Gasteiger partial charge in [-0.05, 0) is 24.3 Å². The molecule has 3 rings (SSSR count). The molecule has 1 aromatic heterocycles. The van der Waals surface area contributed by atoms with Crippen LogP contribution >= 0.6 is 11.3 Å². The summed E-state index contributed by atoms with van der Waals surface area (Å²) in [6.45, 7) is 0.353. The number of anilines is 1. The number of sulfonamides is 1. The molecule has 0 bridgehead atoms. The van der Waals surface area contributed by atoms with Crippen LogP contribution in [0.15, 0.2) is 48.5 Å². The van der Waals surface area contributed by atoms with Gasteiger partial charge in [0.05, 0.1) is 34.3 Å². The number of carbonyl (C=O) groups is 1. The van der Waals surface area contributed by atoms with E-state index in [9.17, 15) is 13.2 Å². The Labute approximate surface area is 150 Å². The number of carbonyl (C=O) groups excluding carboxylic acids is 1. The van der Waals surface area contributed by atoms with E-state index in [0.29, 0.717) is 12.1 Å². The predicted octanol–water partition coefficient (Wildman–Crippen LogP) is 2.94. The Hall–Kier alpha value is -2.45. The molecule has 0 saturated heterocycles. The Morgan fingerprint density at radius 3 is 2.56 bits per heavy atom. The summed E-state index contributed by atoms with van der Waals surface area (Å²) in [6, 6.07) is 14.3. The fraction of sp³-hybridized carbons (Fsp3) is 0.176. The predicted molar refractivity (Wildman–Crippen MR) is 100 cm³/mol. The van der Waals surface area contributed by atoms with Gasteiger partial charge in [-0.1, -0.05) is 24.3 Å². The number of hydrogen-bond acceptors (Lipinski definition) is 5. The van der Waals surface area contributed by atoms with Crippen molar-refractivity contribution in [3.63, 3.8) is 0 Å². The number of nitrogens with zero attached hydrogens (tertiary/aromatic N) is 2. The zero-order valence-corrected chi connectivity index (χ0v) is 15.4. The minimum atomic E-state index is -3.47. The van der Waals surface area contributed by atoms with Crippen LogP contribution in [-0.2, 0) is 16.6 Å². The van der Waals surface area contributed by atoms with E-state index in [-0.39, 0.29) is 11.6 Å². The molecule has 8 heteroatoms. The van der Waals surface area contributed by atoms with Gasteiger partial charge in [0.15, 0.2) is 0 Å². The first-order valence-corrected chi connectivity index (χ1v) is 10.2. The summed E-state index contributed by atoms with van der Waals surface area (Å²) >= 11 is 1.54. The summed E-state index contributed by atoms with van der Waals surface area (Å²) in [4.78, 5) is 18.8. The molecule has 0 fully saturated rings. The van der Waals surface area contributed by atoms with Crippen molar-refractivity contribution >= 4 is 43.2 Å². The van der Waals surface area contributed by atoms with E-state index < -0.39 is 10.0 Å². The highest BCUT2D eigenvalue weighted by atomic mass is 32.2. The smallest absolute Gasteiger partial charge is 0.256 e. The van der Waals surface area contributed by atoms with Crippen LogP contribution in [0.1, 0.15) is 15.4 Å². The van der Waals surface area contributed by atoms with Gasteiger partial charge < -0.3 is 4.90 Å². The monoisotopic (exact) mass is 375 g/mol. The first-order valence-electron chi connectivity index (χ1n) is 7.50. The number of hydrogen-bond donors (Lipinski definition) is 1. The first kappa shape index (κ1) is 17.4. The molecular formula is C17H17N3O3S2. The molecular weight excluding hydrogens is 358 g/mol. The topological polar surface area (TPSA) is 79.4 Å². The van der Waals surface area contributed by atoms with E-state index in [1.807, 2.05) is 24.3 Å². The Bertz CT molecular complexity index is 995. The van der Waals surface area contributed by atoms with Gasteiger partial charge in [-0.2, -0.15) is 0 Å². The van der Waals surface area contributed by atoms with Crippen molar-refractivity contribution in [3.05, 3.63) is 59.1 Å². The van der Waals surface area contributed by atoms with E-state index in [0.717, 1.165) is 21.5 Å². The molecule has 0 aliphatic carbocycles. The minimum absolute atomic E-state index is 0.270. The highest BCUT2D eigenvalue weighted by Crippen LogP contribution is 2.24. The minimum Gasteiger partial charge on any atom is -0.335 e. The van der Waals surface area contributed by atoms with Gasteiger partial charge >= 0.3 is 0 Å². The Morgan fingerprint density at radius 1 is 1.16 bits per heavy atom. The molecule has 2 aromatic carbocycles. The number of para-hydroxylation sites is 2. The lowest BCUT2D eigenvalue weighted by Crippen LogP contribution is -2.27. The zero-order valence-electron chi connectivity index (χ0n) is 13.8. The maximum atomic E-state index is 12.7. The van der Waals surface area contributed by atoms with Crippen LogP contribution < -0.4 is 4.72 Å². The summed E-state index contributed by atoms with van der Waals surface area (Å²) in [5.74, 6) is -0.272. The molecule has 3 aromatic rings. The number of rotatable bonds is 5. The highest BCUT2D eigenvalue weighted by molar-refractivity contribution is 7.92. The summed E-state index contributed by atoms with van der Waals surface area (Å²) in [7, 11) is -1.79. The van der Waals surface area contributed by atoms with Gasteiger partial charge in [0.25, 0.3) is 5.91 Å². The fourth-order valence-electron chi connectivity index (χ4n) is 2.43. The summed E-state index contributed by atoms with van der Waals surface area (Å²) in [5, 5.41) is 0.825. The Kier molecular flexibility index (Phi) is 4.73. The number of benzene rings is 2. The third-order valence-corrected chi connectivity index (χ3v) is 5.12. The van der Waals surface area contributed by atoms with Crippen molar-refractivity contribution in [2.75, 3.05) is 18.0 Å². The second-order valence-corrected chi connectivity index (χ2v) is 8.52. The van der Waals surface area contributed by atoms with Crippen molar-refractivity contribution in [1.29, 1.82) is 0 Å². The highest BCUT2D eigenvalue weighted by Gasteiger charge is 2.18. The number of fused-ring (bicyclic) bond motifs is 1. The number of nitrogens with one attached hydrogen (secondary N) is 1. The standard InChI is InChI=1S/C17H17N3O3S2/c1-20(11-16-18-14-9-5-6-10-15(14)24-16)17(21)12-7-3-4-8-13(12)19-25(2,22)23/h3-10,19H,11H2,1-2H3. The van der Waals surface area contributed by atoms with Crippen LogP contribution in [-0.4, -0.2) is 37.5 Å². The lowest BCUT2D eigenvalue weighted by Gasteiger charge is -2.18. The van der Waals surface area contributed by atoms with Crippen LogP contribution in [0, 0.1) is 0 Å². The van der Waals surface area contributed by atoms with Gasteiger partial charge in [0, 0.05) is 7.05 Å². The zero-order chi connectivity index (χ0) is 18.0. The second-order valence-electron chi connectivity index (χ2n) is 5.66. The van der Waals surface area contributed by atoms with Crippen molar-refractivity contribution in [2.45, 2.75) is 6.54 Å². The van der Waals surface area contributed by atoms with Gasteiger partial charge in [-0.15, -0.1) is 11.3 Å². The molecule has 6 nitrogen and oxygen atoms in total. The third-order valence-electron chi connectivity index (χ3n) is 3.51. The quantitative estimate of drug-likeness (QED) is 0.744. The molecule has 0 radical (unpaired) electrons. The summed E-state index contributed by atoms with van der Waals surface area (Å²) < 4.78 is 26.4. The average Bonchev–Trinajstić information content (AvgIpc) is 2.95. The molecule has 0 unspecified atom stereocenters. The Balaban J connectivity index is 1.83. The van der Waals surface area contributed by atoms with Crippen molar-refractivity contribution < 1.29 is 13.2 Å². The van der Waals surface area contributed by atoms with E-state index in [1.165, 1.54) is 16.2 Å². The molecule has 0 atom stereocenters. The third kappa shape index (κ3) is 4.15. The number of amides is 1. The van der Waals surface area contributed by atoms with Crippen LogP contribution in [0.25, 0.3) is 10.2 Å².